The van der Waals surface area contributed by atoms with E-state index < -0.39 is 40.4 Å². The molecule has 11 heteroatoms. The fourth-order valence-corrected chi connectivity index (χ4v) is 5.59. The van der Waals surface area contributed by atoms with E-state index in [2.05, 4.69) is 15.6 Å². The molecular weight excluding hydrogens is 515 g/mol. The Morgan fingerprint density at radius 1 is 1.30 bits per heavy atom. The van der Waals surface area contributed by atoms with Crippen molar-refractivity contribution in [3.05, 3.63) is 41.0 Å². The maximum absolute atomic E-state index is 14.4. The second-order valence-electron chi connectivity index (χ2n) is 10.3. The molecule has 4 rings (SSSR count). The number of halogens is 1. The van der Waals surface area contributed by atoms with Crippen LogP contribution in [0, 0.1) is 6.92 Å². The van der Waals surface area contributed by atoms with Crippen molar-refractivity contribution in [3.8, 4) is 10.4 Å². The lowest BCUT2D eigenvalue weighted by atomic mass is 10.00. The van der Waals surface area contributed by atoms with Crippen LogP contribution in [0.25, 0.3) is 10.4 Å². The summed E-state index contributed by atoms with van der Waals surface area (Å²) in [6.07, 6.45) is 1.30. The molecule has 0 radical (unpaired) electrons. The molecule has 1 aliphatic carbocycles. The van der Waals surface area contributed by atoms with Crippen molar-refractivity contribution >= 4 is 40.8 Å². The number of aryl methyl sites for hydroxylation is 1. The van der Waals surface area contributed by atoms with Gasteiger partial charge in [-0.3, -0.25) is 14.4 Å². The molecule has 1 aromatic heterocycles. The van der Waals surface area contributed by atoms with Gasteiger partial charge in [0.2, 0.25) is 11.8 Å². The summed E-state index contributed by atoms with van der Waals surface area (Å²) in [4.78, 5) is 45.9. The quantitative estimate of drug-likeness (QED) is 0.445. The Morgan fingerprint density at radius 2 is 1.97 bits per heavy atom. The largest absolute Gasteiger partial charge is 0.391 e. The minimum Gasteiger partial charge on any atom is -0.391 e. The molecule has 0 spiro atoms. The minimum atomic E-state index is -1.93. The predicted molar refractivity (Wildman–Crippen MR) is 143 cm³/mol. The van der Waals surface area contributed by atoms with E-state index in [9.17, 15) is 23.9 Å². The van der Waals surface area contributed by atoms with Gasteiger partial charge >= 0.3 is 0 Å². The van der Waals surface area contributed by atoms with Gasteiger partial charge in [0.1, 0.15) is 12.1 Å². The van der Waals surface area contributed by atoms with E-state index in [0.717, 1.165) is 21.7 Å². The number of aromatic nitrogens is 1. The van der Waals surface area contributed by atoms with Crippen LogP contribution in [-0.2, 0) is 20.9 Å². The van der Waals surface area contributed by atoms with Gasteiger partial charge in [0, 0.05) is 24.3 Å². The van der Waals surface area contributed by atoms with Crippen LogP contribution in [0.5, 0.6) is 0 Å². The number of carbonyl (C=O) groups is 3. The zero-order valence-electron chi connectivity index (χ0n) is 21.4. The van der Waals surface area contributed by atoms with Gasteiger partial charge < -0.3 is 20.6 Å². The molecule has 1 aliphatic heterocycles. The Labute approximate surface area is 224 Å². The summed E-state index contributed by atoms with van der Waals surface area (Å²) in [6.45, 7) is 5.77. The Balaban J connectivity index is 1.43. The summed E-state index contributed by atoms with van der Waals surface area (Å²) in [6, 6.07) is 5.88. The summed E-state index contributed by atoms with van der Waals surface area (Å²) in [5, 5.41) is 15.8. The molecule has 2 heterocycles. The second-order valence-corrected chi connectivity index (χ2v) is 12.6. The number of β-amino-alcohol motifs (C(OH)–C–C–N with tert-alkyl or cyclic N) is 1. The van der Waals surface area contributed by atoms with E-state index in [4.69, 9.17) is 0 Å². The third-order valence-electron chi connectivity index (χ3n) is 7.13. The Hall–Kier alpha value is -2.50. The monoisotopic (exact) mass is 548 g/mol. The Morgan fingerprint density at radius 3 is 2.54 bits per heavy atom. The summed E-state index contributed by atoms with van der Waals surface area (Å²) in [7, 11) is 0. The molecule has 8 nitrogen and oxygen atoms in total. The lowest BCUT2D eigenvalue weighted by Crippen LogP contribution is -2.60. The molecular formula is C26H33FN4O4S2. The number of thiazole rings is 1. The van der Waals surface area contributed by atoms with E-state index in [1.165, 1.54) is 16.7 Å². The summed E-state index contributed by atoms with van der Waals surface area (Å²) >= 11 is 2.93. The number of aliphatic hydroxyl groups is 1. The molecule has 37 heavy (non-hydrogen) atoms. The van der Waals surface area contributed by atoms with E-state index >= 15 is 0 Å². The highest BCUT2D eigenvalue weighted by molar-refractivity contribution is 8.00. The number of benzene rings is 1. The molecule has 2 fully saturated rings. The molecule has 1 aromatic carbocycles. The van der Waals surface area contributed by atoms with E-state index in [-0.39, 0.29) is 38.3 Å². The lowest BCUT2D eigenvalue weighted by Gasteiger charge is -2.36. The van der Waals surface area contributed by atoms with Crippen molar-refractivity contribution in [2.24, 2.45) is 0 Å². The smallest absolute Gasteiger partial charge is 0.258 e. The first-order valence-electron chi connectivity index (χ1n) is 12.3. The highest BCUT2D eigenvalue weighted by atomic mass is 32.2. The predicted octanol–water partition coefficient (Wildman–Crippen LogP) is 2.83. The normalized spacial score (nSPS) is 21.4. The first kappa shape index (κ1) is 27.5. The van der Waals surface area contributed by atoms with Crippen molar-refractivity contribution in [1.82, 2.24) is 20.5 Å². The maximum Gasteiger partial charge on any atom is 0.258 e. The van der Waals surface area contributed by atoms with Crippen molar-refractivity contribution in [1.29, 1.82) is 0 Å². The highest BCUT2D eigenvalue weighted by Gasteiger charge is 2.53. The van der Waals surface area contributed by atoms with Gasteiger partial charge in [0.25, 0.3) is 5.91 Å². The second kappa shape index (κ2) is 10.7. The average Bonchev–Trinajstić information content (AvgIpc) is 3.29. The molecule has 3 atom stereocenters. The number of aliphatic hydroxyl groups excluding tert-OH is 1. The van der Waals surface area contributed by atoms with Crippen LogP contribution >= 0.6 is 23.1 Å². The van der Waals surface area contributed by atoms with Gasteiger partial charge in [-0.25, -0.2) is 9.37 Å². The number of alkyl halides is 1. The number of nitrogens with one attached hydrogen (secondary N) is 2. The van der Waals surface area contributed by atoms with Crippen LogP contribution < -0.4 is 10.6 Å². The molecule has 2 aromatic rings. The van der Waals surface area contributed by atoms with Gasteiger partial charge in [0.15, 0.2) is 5.67 Å². The highest BCUT2D eigenvalue weighted by Crippen LogP contribution is 2.40. The summed E-state index contributed by atoms with van der Waals surface area (Å²) in [5.74, 6) is -1.69. The van der Waals surface area contributed by atoms with Crippen LogP contribution in [0.3, 0.4) is 0 Å². The minimum absolute atomic E-state index is 0.0303. The van der Waals surface area contributed by atoms with Gasteiger partial charge in [-0.15, -0.1) is 11.3 Å². The van der Waals surface area contributed by atoms with Crippen LogP contribution in [0.1, 0.15) is 44.4 Å². The SMILES string of the molecule is CSC(C)(C)[C@H](NC(=O)C1(F)CC1)C(=O)N1C[C@@H](O)CC1C(=O)NCc1ccc(-c2scnc2C)cc1. The van der Waals surface area contributed by atoms with Gasteiger partial charge in [0.05, 0.1) is 22.2 Å². The molecule has 3 amide bonds. The standard InChI is InChI=1S/C26H33FN4O4S2/c1-15-20(37-14-29-15)17-7-5-16(6-8-17)12-28-22(33)19-11-18(32)13-31(19)23(34)21(25(2,3)36-4)30-24(35)26(27)9-10-26/h5-8,14,18-19,21,32H,9-13H2,1-4H3,(H,28,33)(H,30,35)/t18-,19?,21+/m0/s1. The molecule has 1 unspecified atom stereocenters. The number of rotatable bonds is 9. The first-order chi connectivity index (χ1) is 17.4. The number of carbonyl (C=O) groups excluding carboxylic acids is 3. The number of hydrogen-bond donors (Lipinski definition) is 3. The molecule has 200 valence electrons. The van der Waals surface area contributed by atoms with Crippen LogP contribution in [0.15, 0.2) is 29.8 Å². The van der Waals surface area contributed by atoms with E-state index in [1.54, 1.807) is 37.0 Å². The average molecular weight is 549 g/mol. The number of nitrogens with zero attached hydrogens (tertiary/aromatic N) is 2. The maximum atomic E-state index is 14.4. The van der Waals surface area contributed by atoms with Gasteiger partial charge in [-0.1, -0.05) is 24.3 Å². The number of hydrogen-bond acceptors (Lipinski definition) is 7. The topological polar surface area (TPSA) is 112 Å². The van der Waals surface area contributed by atoms with E-state index in [0.29, 0.717) is 0 Å². The fraction of sp³-hybridized carbons (Fsp3) is 0.538. The third kappa shape index (κ3) is 5.99. The molecule has 0 bridgehead atoms. The van der Waals surface area contributed by atoms with Crippen LogP contribution in [-0.4, -0.2) is 74.1 Å². The Kier molecular flexibility index (Phi) is 7.96. The number of thioether (sulfide) groups is 1. The number of likely N-dealkylation sites (tertiary alicyclic amines) is 1. The Bertz CT molecular complexity index is 1170. The third-order valence-corrected chi connectivity index (χ3v) is 9.40. The molecule has 3 N–H and O–H groups in total. The summed E-state index contributed by atoms with van der Waals surface area (Å²) in [5.41, 5.74) is 2.79. The van der Waals surface area contributed by atoms with Crippen molar-refractivity contribution in [3.63, 3.8) is 0 Å². The lowest BCUT2D eigenvalue weighted by molar-refractivity contribution is -0.143. The molecule has 2 aliphatic rings. The zero-order valence-corrected chi connectivity index (χ0v) is 23.0. The van der Waals surface area contributed by atoms with Gasteiger partial charge in [-0.05, 0) is 51.0 Å². The molecule has 1 saturated heterocycles. The summed E-state index contributed by atoms with van der Waals surface area (Å²) < 4.78 is 13.6. The zero-order chi connectivity index (χ0) is 27.0. The van der Waals surface area contributed by atoms with Crippen molar-refractivity contribution in [2.75, 3.05) is 12.8 Å². The van der Waals surface area contributed by atoms with Crippen molar-refractivity contribution < 1.29 is 23.9 Å². The van der Waals surface area contributed by atoms with Crippen molar-refractivity contribution in [2.45, 2.75) is 75.2 Å². The van der Waals surface area contributed by atoms with Crippen LogP contribution in [0.2, 0.25) is 0 Å². The fourth-order valence-electron chi connectivity index (χ4n) is 4.38. The number of amides is 3. The van der Waals surface area contributed by atoms with E-state index in [1.807, 2.05) is 31.2 Å². The first-order valence-corrected chi connectivity index (χ1v) is 14.4. The van der Waals surface area contributed by atoms with Crippen LogP contribution in [0.4, 0.5) is 4.39 Å². The van der Waals surface area contributed by atoms with Gasteiger partial charge in [-0.2, -0.15) is 11.8 Å². The molecule has 1 saturated carbocycles.